The topological polar surface area (TPSA) is 12.5 Å². The first-order valence-electron chi connectivity index (χ1n) is 6.94. The third kappa shape index (κ3) is 6.18. The lowest BCUT2D eigenvalue weighted by Gasteiger charge is -2.20. The molecule has 1 rings (SSSR count). The van der Waals surface area contributed by atoms with Crippen LogP contribution in [-0.2, 0) is 11.3 Å². The van der Waals surface area contributed by atoms with Crippen molar-refractivity contribution in [2.45, 2.75) is 41.2 Å². The molecule has 0 amide bonds. The predicted octanol–water partition coefficient (Wildman–Crippen LogP) is 3.80. The van der Waals surface area contributed by atoms with E-state index in [1.165, 1.54) is 16.7 Å². The van der Waals surface area contributed by atoms with Crippen molar-refractivity contribution in [3.05, 3.63) is 34.9 Å². The Kier molecular flexibility index (Phi) is 9.62. The summed E-state index contributed by atoms with van der Waals surface area (Å²) in [4.78, 5) is 2.40. The number of benzene rings is 1. The molecule has 0 aliphatic rings. The summed E-state index contributed by atoms with van der Waals surface area (Å²) in [6.07, 6.45) is 0. The molecule has 0 N–H and O–H groups in total. The van der Waals surface area contributed by atoms with Crippen LogP contribution in [0.4, 0.5) is 0 Å². The van der Waals surface area contributed by atoms with Crippen LogP contribution in [0.25, 0.3) is 0 Å². The van der Waals surface area contributed by atoms with E-state index in [9.17, 15) is 0 Å². The van der Waals surface area contributed by atoms with E-state index in [1.807, 2.05) is 13.8 Å². The molecule has 0 atom stereocenters. The molecule has 104 valence electrons. The summed E-state index contributed by atoms with van der Waals surface area (Å²) >= 11 is 0. The van der Waals surface area contributed by atoms with Gasteiger partial charge in [0, 0.05) is 20.2 Å². The summed E-state index contributed by atoms with van der Waals surface area (Å²) in [7, 11) is 1.75. The van der Waals surface area contributed by atoms with Crippen molar-refractivity contribution < 1.29 is 4.74 Å². The first-order chi connectivity index (χ1) is 8.67. The highest BCUT2D eigenvalue weighted by Gasteiger charge is 2.04. The van der Waals surface area contributed by atoms with Crippen LogP contribution in [0.1, 0.15) is 37.5 Å². The second kappa shape index (κ2) is 10.1. The Balaban J connectivity index is 0.00000137. The number of likely N-dealkylation sites (N-methyl/N-ethyl adjacent to an activating group) is 1. The van der Waals surface area contributed by atoms with Crippen molar-refractivity contribution in [1.29, 1.82) is 0 Å². The van der Waals surface area contributed by atoms with Crippen molar-refractivity contribution in [1.82, 2.24) is 4.90 Å². The summed E-state index contributed by atoms with van der Waals surface area (Å²) in [6, 6.07) is 6.71. The number of ether oxygens (including phenoxy) is 1. The third-order valence-electron chi connectivity index (χ3n) is 3.04. The number of hydrogen-bond acceptors (Lipinski definition) is 2. The van der Waals surface area contributed by atoms with Crippen LogP contribution in [0, 0.1) is 13.8 Å². The largest absolute Gasteiger partial charge is 0.383 e. The Hall–Kier alpha value is -0.860. The van der Waals surface area contributed by atoms with E-state index >= 15 is 0 Å². The summed E-state index contributed by atoms with van der Waals surface area (Å²) in [5, 5.41) is 0. The summed E-state index contributed by atoms with van der Waals surface area (Å²) in [5.41, 5.74) is 4.13. The summed E-state index contributed by atoms with van der Waals surface area (Å²) in [5.74, 6) is 0. The van der Waals surface area contributed by atoms with Gasteiger partial charge in [-0.3, -0.25) is 4.90 Å². The van der Waals surface area contributed by atoms with Crippen LogP contribution in [0.15, 0.2) is 18.2 Å². The molecule has 0 heterocycles. The van der Waals surface area contributed by atoms with Crippen molar-refractivity contribution in [2.24, 2.45) is 0 Å². The fraction of sp³-hybridized carbons (Fsp3) is 0.625. The van der Waals surface area contributed by atoms with Crippen LogP contribution in [-0.4, -0.2) is 31.7 Å². The normalized spacial score (nSPS) is 10.2. The molecule has 0 fully saturated rings. The summed E-state index contributed by atoms with van der Waals surface area (Å²) in [6.45, 7) is 14.4. The van der Waals surface area contributed by atoms with Gasteiger partial charge < -0.3 is 4.74 Å². The van der Waals surface area contributed by atoms with Gasteiger partial charge in [-0.05, 0) is 37.1 Å². The number of nitrogens with zero attached hydrogens (tertiary/aromatic N) is 1. The van der Waals surface area contributed by atoms with E-state index in [4.69, 9.17) is 4.74 Å². The molecule has 2 nitrogen and oxygen atoms in total. The SMILES string of the molecule is CC.CCN(CCOC)Cc1ccc(C)c(C)c1. The molecule has 0 aliphatic carbocycles. The fourth-order valence-electron chi connectivity index (χ4n) is 1.73. The number of aryl methyl sites for hydroxylation is 2. The maximum atomic E-state index is 5.11. The van der Waals surface area contributed by atoms with Crippen molar-refractivity contribution in [3.63, 3.8) is 0 Å². The first-order valence-corrected chi connectivity index (χ1v) is 6.94. The molecule has 0 saturated heterocycles. The molecule has 0 aromatic heterocycles. The maximum Gasteiger partial charge on any atom is 0.0589 e. The van der Waals surface area contributed by atoms with Crippen LogP contribution in [0.3, 0.4) is 0 Å². The van der Waals surface area contributed by atoms with E-state index in [1.54, 1.807) is 7.11 Å². The zero-order chi connectivity index (χ0) is 14.0. The van der Waals surface area contributed by atoms with E-state index in [2.05, 4.69) is 43.9 Å². The smallest absolute Gasteiger partial charge is 0.0589 e. The molecule has 0 aliphatic heterocycles. The van der Waals surface area contributed by atoms with Gasteiger partial charge in [-0.15, -0.1) is 0 Å². The Morgan fingerprint density at radius 2 is 1.78 bits per heavy atom. The molecular formula is C16H29NO. The van der Waals surface area contributed by atoms with Gasteiger partial charge in [0.15, 0.2) is 0 Å². The quantitative estimate of drug-likeness (QED) is 0.762. The van der Waals surface area contributed by atoms with Gasteiger partial charge in [-0.1, -0.05) is 39.0 Å². The average Bonchev–Trinajstić information content (AvgIpc) is 2.41. The zero-order valence-electron chi connectivity index (χ0n) is 12.9. The van der Waals surface area contributed by atoms with Crippen LogP contribution < -0.4 is 0 Å². The number of methoxy groups -OCH3 is 1. The van der Waals surface area contributed by atoms with Gasteiger partial charge >= 0.3 is 0 Å². The lowest BCUT2D eigenvalue weighted by Crippen LogP contribution is -2.26. The Morgan fingerprint density at radius 1 is 1.11 bits per heavy atom. The molecular weight excluding hydrogens is 222 g/mol. The van der Waals surface area contributed by atoms with E-state index in [0.29, 0.717) is 0 Å². The third-order valence-corrected chi connectivity index (χ3v) is 3.04. The second-order valence-corrected chi connectivity index (χ2v) is 4.28. The molecule has 18 heavy (non-hydrogen) atoms. The maximum absolute atomic E-state index is 5.11. The minimum absolute atomic E-state index is 0.804. The van der Waals surface area contributed by atoms with Gasteiger partial charge in [-0.25, -0.2) is 0 Å². The number of hydrogen-bond donors (Lipinski definition) is 0. The summed E-state index contributed by atoms with van der Waals surface area (Å²) < 4.78 is 5.11. The van der Waals surface area contributed by atoms with Gasteiger partial charge in [0.25, 0.3) is 0 Å². The van der Waals surface area contributed by atoms with Gasteiger partial charge in [0.1, 0.15) is 0 Å². The van der Waals surface area contributed by atoms with Crippen LogP contribution in [0.2, 0.25) is 0 Å². The fourth-order valence-corrected chi connectivity index (χ4v) is 1.73. The minimum atomic E-state index is 0.804. The molecule has 0 unspecified atom stereocenters. The second-order valence-electron chi connectivity index (χ2n) is 4.28. The highest BCUT2D eigenvalue weighted by Crippen LogP contribution is 2.11. The van der Waals surface area contributed by atoms with Gasteiger partial charge in [0.05, 0.1) is 6.61 Å². The molecule has 1 aromatic carbocycles. The monoisotopic (exact) mass is 251 g/mol. The Bertz CT molecular complexity index is 323. The standard InChI is InChI=1S/C14H23NO.C2H6/c1-5-15(8-9-16-4)11-14-7-6-12(2)13(3)10-14;1-2/h6-7,10H,5,8-9,11H2,1-4H3;1-2H3. The van der Waals surface area contributed by atoms with E-state index < -0.39 is 0 Å². The predicted molar refractivity (Wildman–Crippen MR) is 80.1 cm³/mol. The molecule has 0 bridgehead atoms. The molecule has 1 aromatic rings. The van der Waals surface area contributed by atoms with Gasteiger partial charge in [0.2, 0.25) is 0 Å². The molecule has 0 radical (unpaired) electrons. The Morgan fingerprint density at radius 3 is 2.28 bits per heavy atom. The average molecular weight is 251 g/mol. The van der Waals surface area contributed by atoms with Crippen molar-refractivity contribution in [3.8, 4) is 0 Å². The molecule has 0 saturated carbocycles. The van der Waals surface area contributed by atoms with Crippen molar-refractivity contribution >= 4 is 0 Å². The number of rotatable bonds is 6. The minimum Gasteiger partial charge on any atom is -0.383 e. The van der Waals surface area contributed by atoms with Crippen molar-refractivity contribution in [2.75, 3.05) is 26.8 Å². The lowest BCUT2D eigenvalue weighted by molar-refractivity contribution is 0.147. The first kappa shape index (κ1) is 17.1. The molecule has 2 heteroatoms. The Labute approximate surface area is 113 Å². The van der Waals surface area contributed by atoms with Crippen LogP contribution >= 0.6 is 0 Å². The van der Waals surface area contributed by atoms with Gasteiger partial charge in [-0.2, -0.15) is 0 Å². The highest BCUT2D eigenvalue weighted by molar-refractivity contribution is 5.29. The lowest BCUT2D eigenvalue weighted by atomic mass is 10.1. The molecule has 0 spiro atoms. The van der Waals surface area contributed by atoms with E-state index in [0.717, 1.165) is 26.2 Å². The highest BCUT2D eigenvalue weighted by atomic mass is 16.5. The zero-order valence-corrected chi connectivity index (χ0v) is 12.9. The van der Waals surface area contributed by atoms with Crippen LogP contribution in [0.5, 0.6) is 0 Å². The van der Waals surface area contributed by atoms with E-state index in [-0.39, 0.29) is 0 Å².